The van der Waals surface area contributed by atoms with E-state index in [4.69, 9.17) is 32.7 Å². The maximum atomic E-state index is 12.7. The number of methoxy groups -OCH3 is 1. The average molecular weight is 551 g/mol. The van der Waals surface area contributed by atoms with Crippen LogP contribution >= 0.6 is 23.2 Å². The second-order valence-electron chi connectivity index (χ2n) is 6.96. The predicted octanol–water partition coefficient (Wildman–Crippen LogP) is 5.34. The smallest absolute Gasteiger partial charge is 0.434 e. The Balaban J connectivity index is 2.01. The zero-order valence-electron chi connectivity index (χ0n) is 19.1. The van der Waals surface area contributed by atoms with Gasteiger partial charge in [0, 0.05) is 11.6 Å². The molecule has 1 heterocycles. The van der Waals surface area contributed by atoms with Crippen molar-refractivity contribution in [2.45, 2.75) is 6.61 Å². The number of benzene rings is 2. The summed E-state index contributed by atoms with van der Waals surface area (Å²) < 4.78 is 40.0. The second-order valence-corrected chi connectivity index (χ2v) is 7.77. The number of rotatable bonds is 7. The first kappa shape index (κ1) is 27.4. The monoisotopic (exact) mass is 550 g/mol. The third-order valence-corrected chi connectivity index (χ3v) is 5.32. The molecule has 0 atom stereocenters. The number of nitrogens with one attached hydrogen (secondary N) is 1. The number of alkyl halides is 2. The van der Waals surface area contributed by atoms with Gasteiger partial charge in [0.25, 0.3) is 0 Å². The summed E-state index contributed by atoms with van der Waals surface area (Å²) >= 11 is 12.2. The Morgan fingerprint density at radius 2 is 2.11 bits per heavy atom. The summed E-state index contributed by atoms with van der Waals surface area (Å²) in [6.07, 6.45) is 2.13. The van der Waals surface area contributed by atoms with Gasteiger partial charge in [-0.3, -0.25) is 0 Å². The number of aliphatic imine (C=N–C) groups is 2. The van der Waals surface area contributed by atoms with Crippen LogP contribution in [0.3, 0.4) is 0 Å². The zero-order chi connectivity index (χ0) is 26.9. The van der Waals surface area contributed by atoms with Crippen molar-refractivity contribution in [3.05, 3.63) is 64.7 Å². The largest absolute Gasteiger partial charge is 0.495 e. The van der Waals surface area contributed by atoms with Crippen molar-refractivity contribution in [1.29, 1.82) is 5.26 Å². The number of anilines is 1. The topological polar surface area (TPSA) is 121 Å². The van der Waals surface area contributed by atoms with E-state index in [-0.39, 0.29) is 52.7 Å². The molecule has 1 amide bonds. The van der Waals surface area contributed by atoms with Gasteiger partial charge in [-0.2, -0.15) is 24.1 Å². The van der Waals surface area contributed by atoms with E-state index in [1.807, 2.05) is 0 Å². The van der Waals surface area contributed by atoms with E-state index in [1.165, 1.54) is 42.5 Å². The van der Waals surface area contributed by atoms with E-state index in [1.54, 1.807) is 18.3 Å². The maximum absolute atomic E-state index is 12.7. The van der Waals surface area contributed by atoms with Crippen LogP contribution in [0.2, 0.25) is 10.0 Å². The lowest BCUT2D eigenvalue weighted by molar-refractivity contribution is -0.0498. The quantitative estimate of drug-likeness (QED) is 0.214. The molecule has 2 aromatic rings. The number of carbonyl (C=O) groups excluding carboxylic acids is 1. The van der Waals surface area contributed by atoms with Crippen molar-refractivity contribution < 1.29 is 27.8 Å². The first-order chi connectivity index (χ1) is 17.7. The standard InChI is InChI=1S/C23H18Cl2F2N6O4/c1-3-8-36-23(34)31-18-11-33(32-20(18)13-4-6-15(24)16(25)9-13)22(29-12-28)30-17-10-14(37-21(26)27)5-7-19(17)35-2/h3-7,9-10,21H,1,8,11H2,2H3,(H,29,30)/b31-18+. The van der Waals surface area contributed by atoms with E-state index >= 15 is 0 Å². The number of hydrogen-bond donors (Lipinski definition) is 1. The Kier molecular flexibility index (Phi) is 9.37. The highest BCUT2D eigenvalue weighted by atomic mass is 35.5. The number of carbonyl (C=O) groups is 1. The minimum absolute atomic E-state index is 0.0574. The molecule has 1 N–H and O–H groups in total. The van der Waals surface area contributed by atoms with Gasteiger partial charge in [-0.15, -0.1) is 4.99 Å². The molecular formula is C23H18Cl2F2N6O4. The molecule has 0 aromatic heterocycles. The molecule has 37 heavy (non-hydrogen) atoms. The van der Waals surface area contributed by atoms with Crippen LogP contribution < -0.4 is 14.8 Å². The molecule has 0 unspecified atom stereocenters. The van der Waals surface area contributed by atoms with Crippen LogP contribution in [0.15, 0.2) is 64.1 Å². The van der Waals surface area contributed by atoms with Crippen molar-refractivity contribution in [2.24, 2.45) is 15.1 Å². The van der Waals surface area contributed by atoms with E-state index in [9.17, 15) is 18.8 Å². The highest BCUT2D eigenvalue weighted by Gasteiger charge is 2.29. The Morgan fingerprint density at radius 3 is 2.76 bits per heavy atom. The molecule has 3 rings (SSSR count). The van der Waals surface area contributed by atoms with Gasteiger partial charge in [0.2, 0.25) is 12.2 Å². The van der Waals surface area contributed by atoms with Gasteiger partial charge < -0.3 is 19.5 Å². The van der Waals surface area contributed by atoms with Crippen molar-refractivity contribution in [3.63, 3.8) is 0 Å². The molecule has 2 aromatic carbocycles. The fourth-order valence-corrected chi connectivity index (χ4v) is 3.36. The number of amides is 1. The molecule has 14 heteroatoms. The summed E-state index contributed by atoms with van der Waals surface area (Å²) in [5.41, 5.74) is 1.01. The van der Waals surface area contributed by atoms with Crippen LogP contribution in [-0.2, 0) is 4.74 Å². The Labute approximate surface area is 220 Å². The number of ether oxygens (including phenoxy) is 3. The van der Waals surface area contributed by atoms with E-state index in [2.05, 4.69) is 31.7 Å². The van der Waals surface area contributed by atoms with Crippen molar-refractivity contribution in [3.8, 4) is 17.7 Å². The molecular weight excluding hydrogens is 533 g/mol. The second kappa shape index (κ2) is 12.7. The van der Waals surface area contributed by atoms with Gasteiger partial charge in [-0.1, -0.05) is 41.9 Å². The van der Waals surface area contributed by atoms with Gasteiger partial charge in [0.15, 0.2) is 0 Å². The highest BCUT2D eigenvalue weighted by Crippen LogP contribution is 2.31. The van der Waals surface area contributed by atoms with Gasteiger partial charge in [0.05, 0.1) is 35.1 Å². The van der Waals surface area contributed by atoms with Crippen LogP contribution in [0.4, 0.5) is 19.3 Å². The van der Waals surface area contributed by atoms with Crippen LogP contribution in [0.1, 0.15) is 5.56 Å². The van der Waals surface area contributed by atoms with Gasteiger partial charge in [-0.25, -0.2) is 9.80 Å². The van der Waals surface area contributed by atoms with Crippen LogP contribution in [0.5, 0.6) is 11.5 Å². The Morgan fingerprint density at radius 1 is 1.32 bits per heavy atom. The minimum atomic E-state index is -3.05. The number of nitriles is 1. The van der Waals surface area contributed by atoms with Crippen LogP contribution in [0, 0.1) is 11.5 Å². The molecule has 0 bridgehead atoms. The fraction of sp³-hybridized carbons (Fsp3) is 0.174. The van der Waals surface area contributed by atoms with Crippen LogP contribution in [0.25, 0.3) is 0 Å². The number of hydrogen-bond acceptors (Lipinski definition) is 7. The van der Waals surface area contributed by atoms with Crippen molar-refractivity contribution in [2.75, 3.05) is 25.6 Å². The Bertz CT molecular complexity index is 1330. The number of hydrazone groups is 1. The normalized spacial score (nSPS) is 14.3. The van der Waals surface area contributed by atoms with E-state index in [0.717, 1.165) is 0 Å². The first-order valence-corrected chi connectivity index (χ1v) is 11.0. The predicted molar refractivity (Wildman–Crippen MR) is 135 cm³/mol. The molecule has 192 valence electrons. The van der Waals surface area contributed by atoms with Gasteiger partial charge in [-0.05, 0) is 24.3 Å². The van der Waals surface area contributed by atoms with Crippen molar-refractivity contribution >= 4 is 52.4 Å². The summed E-state index contributed by atoms with van der Waals surface area (Å²) in [5, 5.41) is 18.3. The SMILES string of the molecule is C=CCOC(=O)/N=C1\CN(/C(=N\C#N)Nc2cc(OC(F)F)ccc2OC)N=C1c1ccc(Cl)c(Cl)c1. The van der Waals surface area contributed by atoms with Gasteiger partial charge >= 0.3 is 12.7 Å². The molecule has 1 aliphatic heterocycles. The molecule has 0 aliphatic carbocycles. The summed E-state index contributed by atoms with van der Waals surface area (Å²) in [6, 6.07) is 8.59. The van der Waals surface area contributed by atoms with Crippen molar-refractivity contribution in [1.82, 2.24) is 5.01 Å². The molecule has 0 spiro atoms. The Hall–Kier alpha value is -4.21. The number of halogens is 4. The highest BCUT2D eigenvalue weighted by molar-refractivity contribution is 6.52. The average Bonchev–Trinajstić information content (AvgIpc) is 3.27. The summed E-state index contributed by atoms with van der Waals surface area (Å²) in [6.45, 7) is 0.245. The van der Waals surface area contributed by atoms with E-state index in [0.29, 0.717) is 10.6 Å². The van der Waals surface area contributed by atoms with E-state index < -0.39 is 12.7 Å². The molecule has 10 nitrogen and oxygen atoms in total. The molecule has 1 aliphatic rings. The summed E-state index contributed by atoms with van der Waals surface area (Å²) in [7, 11) is 1.37. The molecule has 0 saturated heterocycles. The summed E-state index contributed by atoms with van der Waals surface area (Å²) in [4.78, 5) is 19.9. The van der Waals surface area contributed by atoms with Crippen LogP contribution in [-0.4, -0.2) is 55.4 Å². The summed E-state index contributed by atoms with van der Waals surface area (Å²) in [5.74, 6) is -0.0532. The number of nitrogens with zero attached hydrogens (tertiary/aromatic N) is 5. The lowest BCUT2D eigenvalue weighted by Crippen LogP contribution is -2.32. The lowest BCUT2D eigenvalue weighted by atomic mass is 10.1. The van der Waals surface area contributed by atoms with Gasteiger partial charge in [0.1, 0.15) is 23.8 Å². The third-order valence-electron chi connectivity index (χ3n) is 4.58. The maximum Gasteiger partial charge on any atom is 0.434 e. The molecule has 0 radical (unpaired) electrons. The zero-order valence-corrected chi connectivity index (χ0v) is 20.6. The first-order valence-electron chi connectivity index (χ1n) is 10.3. The molecule has 0 fully saturated rings. The lowest BCUT2D eigenvalue weighted by Gasteiger charge is -2.18. The molecule has 0 saturated carbocycles. The third kappa shape index (κ3) is 7.16. The minimum Gasteiger partial charge on any atom is -0.495 e. The number of guanidine groups is 1. The fourth-order valence-electron chi connectivity index (χ4n) is 3.06.